The van der Waals surface area contributed by atoms with Crippen molar-refractivity contribution in [3.05, 3.63) is 34.4 Å². The Bertz CT molecular complexity index is 988. The van der Waals surface area contributed by atoms with E-state index in [9.17, 15) is 24.8 Å². The molecule has 2 N–H and O–H groups in total. The maximum absolute atomic E-state index is 13.5. The maximum atomic E-state index is 13.5. The van der Waals surface area contributed by atoms with Crippen LogP contribution in [0.5, 0.6) is 0 Å². The van der Waals surface area contributed by atoms with Gasteiger partial charge in [0.2, 0.25) is 5.91 Å². The summed E-state index contributed by atoms with van der Waals surface area (Å²) in [6.07, 6.45) is 3.08. The molecule has 5 aliphatic rings. The van der Waals surface area contributed by atoms with Gasteiger partial charge in [-0.05, 0) is 75.8 Å². The summed E-state index contributed by atoms with van der Waals surface area (Å²) in [6, 6.07) is 6.67. The number of amides is 1. The highest BCUT2D eigenvalue weighted by atomic mass is 16.7. The molecule has 6 rings (SSSR count). The molecule has 1 amide bonds. The molecule has 4 saturated carbocycles. The molecule has 0 radical (unpaired) electrons. The van der Waals surface area contributed by atoms with E-state index in [4.69, 9.17) is 4.74 Å². The van der Waals surface area contributed by atoms with Gasteiger partial charge in [0.05, 0.1) is 10.5 Å². The summed E-state index contributed by atoms with van der Waals surface area (Å²) in [4.78, 5) is 39.7. The summed E-state index contributed by atoms with van der Waals surface area (Å²) in [5.74, 6) is 1.03. The lowest BCUT2D eigenvalue weighted by molar-refractivity contribution is -0.384. The van der Waals surface area contributed by atoms with Gasteiger partial charge in [0.1, 0.15) is 5.60 Å². The summed E-state index contributed by atoms with van der Waals surface area (Å²) >= 11 is 0. The zero-order valence-electron chi connectivity index (χ0n) is 20.3. The van der Waals surface area contributed by atoms with Gasteiger partial charge in [-0.25, -0.2) is 4.79 Å². The quantitative estimate of drug-likeness (QED) is 0.357. The third-order valence-corrected chi connectivity index (χ3v) is 8.87. The lowest BCUT2D eigenvalue weighted by Crippen LogP contribution is -2.66. The Balaban J connectivity index is 1.19. The molecule has 35 heavy (non-hydrogen) atoms. The molecule has 1 aromatic rings. The number of hydrogen-bond acceptors (Lipinski definition) is 7. The molecule has 1 heterocycles. The minimum absolute atomic E-state index is 0.0203. The first-order chi connectivity index (χ1) is 16.6. The van der Waals surface area contributed by atoms with Gasteiger partial charge in [0, 0.05) is 50.0 Å². The maximum Gasteiger partial charge on any atom is 0.506 e. The van der Waals surface area contributed by atoms with E-state index in [2.05, 4.69) is 15.1 Å². The largest absolute Gasteiger partial charge is 0.506 e. The van der Waals surface area contributed by atoms with Gasteiger partial charge in [-0.3, -0.25) is 19.8 Å². The first kappa shape index (κ1) is 23.8. The van der Waals surface area contributed by atoms with Crippen molar-refractivity contribution in [2.24, 2.45) is 17.8 Å². The number of anilines is 1. The van der Waals surface area contributed by atoms with Gasteiger partial charge in [0.25, 0.3) is 5.69 Å². The van der Waals surface area contributed by atoms with Gasteiger partial charge >= 0.3 is 6.16 Å². The average Bonchev–Trinajstić information content (AvgIpc) is 2.80. The van der Waals surface area contributed by atoms with E-state index >= 15 is 0 Å². The number of nitrogens with zero attached hydrogens (tertiary/aromatic N) is 3. The molecular formula is C25H34N4O6. The van der Waals surface area contributed by atoms with Crippen molar-refractivity contribution in [3.63, 3.8) is 0 Å². The van der Waals surface area contributed by atoms with Crippen molar-refractivity contribution in [1.29, 1.82) is 0 Å². The molecule has 1 saturated heterocycles. The zero-order valence-corrected chi connectivity index (χ0v) is 20.3. The van der Waals surface area contributed by atoms with Gasteiger partial charge < -0.3 is 20.1 Å². The van der Waals surface area contributed by atoms with Crippen LogP contribution >= 0.6 is 0 Å². The molecular weight excluding hydrogens is 452 g/mol. The van der Waals surface area contributed by atoms with Crippen molar-refractivity contribution in [2.75, 3.05) is 31.1 Å². The van der Waals surface area contributed by atoms with E-state index in [1.54, 1.807) is 12.1 Å². The lowest BCUT2D eigenvalue weighted by atomic mass is 9.52. The third kappa shape index (κ3) is 4.44. The molecule has 1 aliphatic heterocycles. The number of carbonyl (C=O) groups excluding carboxylic acids is 1. The lowest BCUT2D eigenvalue weighted by Gasteiger charge is -2.59. The van der Waals surface area contributed by atoms with Gasteiger partial charge in [-0.2, -0.15) is 0 Å². The van der Waals surface area contributed by atoms with Crippen LogP contribution in [0, 0.1) is 27.9 Å². The van der Waals surface area contributed by atoms with Crippen molar-refractivity contribution in [3.8, 4) is 0 Å². The molecule has 10 heteroatoms. The number of nitro groups is 1. The van der Waals surface area contributed by atoms with Crippen LogP contribution in [-0.2, 0) is 9.53 Å². The molecule has 4 bridgehead atoms. The van der Waals surface area contributed by atoms with E-state index in [0.717, 1.165) is 38.0 Å². The third-order valence-electron chi connectivity index (χ3n) is 8.87. The van der Waals surface area contributed by atoms with E-state index in [0.29, 0.717) is 31.8 Å². The monoisotopic (exact) mass is 486 g/mol. The number of rotatable bonds is 6. The number of benzene rings is 1. The first-order valence-electron chi connectivity index (χ1n) is 12.5. The minimum atomic E-state index is -1.19. The van der Waals surface area contributed by atoms with E-state index in [-0.39, 0.29) is 29.5 Å². The summed E-state index contributed by atoms with van der Waals surface area (Å²) in [6.45, 7) is 6.84. The Labute approximate surface area is 204 Å². The van der Waals surface area contributed by atoms with Crippen LogP contribution in [0.4, 0.5) is 16.2 Å². The molecule has 5 fully saturated rings. The van der Waals surface area contributed by atoms with Crippen LogP contribution in [0.1, 0.15) is 46.0 Å². The fourth-order valence-electron chi connectivity index (χ4n) is 7.28. The summed E-state index contributed by atoms with van der Waals surface area (Å²) in [7, 11) is 0. The highest BCUT2D eigenvalue weighted by Gasteiger charge is 2.58. The number of nitrogens with one attached hydrogen (secondary N) is 1. The first-order valence-corrected chi connectivity index (χ1v) is 12.5. The Kier molecular flexibility index (Phi) is 5.89. The molecule has 0 aromatic heterocycles. The Morgan fingerprint density at radius 2 is 1.69 bits per heavy atom. The van der Waals surface area contributed by atoms with Gasteiger partial charge in [0.15, 0.2) is 0 Å². The standard InChI is InChI=1S/C25H34N4O6/c1-24(2,28-9-7-27(8-10-28)19-3-5-20(6-4-19)29(33)34)22(30)26-21-17-11-16-12-18(21)15-25(13-16,14-17)35-23(31)32/h3-6,16-18,21H,7-15H2,1-2H3,(H,26,30)(H,31,32). The molecule has 2 atom stereocenters. The Morgan fingerprint density at radius 3 is 2.23 bits per heavy atom. The number of ether oxygens (including phenoxy) is 1. The topological polar surface area (TPSA) is 125 Å². The minimum Gasteiger partial charge on any atom is -0.450 e. The smallest absolute Gasteiger partial charge is 0.450 e. The van der Waals surface area contributed by atoms with Crippen LogP contribution in [0.15, 0.2) is 24.3 Å². The SMILES string of the molecule is CC(C)(C(=O)NC1C2CC3CC1CC(OC(=O)O)(C3)C2)N1CCN(c2ccc([N+](=O)[O-])cc2)CC1. The van der Waals surface area contributed by atoms with Crippen LogP contribution in [0.2, 0.25) is 0 Å². The summed E-state index contributed by atoms with van der Waals surface area (Å²) in [5.41, 5.74) is -0.210. The van der Waals surface area contributed by atoms with Crippen LogP contribution in [0.25, 0.3) is 0 Å². The second kappa shape index (κ2) is 8.65. The second-order valence-electron chi connectivity index (χ2n) is 11.3. The van der Waals surface area contributed by atoms with Crippen molar-refractivity contribution >= 4 is 23.4 Å². The number of carboxylic acid groups (broad SMARTS) is 1. The van der Waals surface area contributed by atoms with Crippen LogP contribution < -0.4 is 10.2 Å². The molecule has 4 aliphatic carbocycles. The van der Waals surface area contributed by atoms with Crippen LogP contribution in [0.3, 0.4) is 0 Å². The molecule has 2 unspecified atom stereocenters. The van der Waals surface area contributed by atoms with Crippen molar-refractivity contribution in [1.82, 2.24) is 10.2 Å². The van der Waals surface area contributed by atoms with Gasteiger partial charge in [-0.15, -0.1) is 0 Å². The summed E-state index contributed by atoms with van der Waals surface area (Å²) < 4.78 is 5.39. The number of hydrogen-bond donors (Lipinski definition) is 2. The molecule has 10 nitrogen and oxygen atoms in total. The number of piperazine rings is 1. The van der Waals surface area contributed by atoms with Crippen LogP contribution in [-0.4, -0.2) is 70.4 Å². The number of nitro benzene ring substituents is 1. The molecule has 0 spiro atoms. The van der Waals surface area contributed by atoms with Gasteiger partial charge in [-0.1, -0.05) is 0 Å². The zero-order chi connectivity index (χ0) is 25.0. The Hall–Kier alpha value is -2.88. The Morgan fingerprint density at radius 1 is 1.09 bits per heavy atom. The number of carbonyl (C=O) groups is 2. The second-order valence-corrected chi connectivity index (χ2v) is 11.3. The fraction of sp³-hybridized carbons (Fsp3) is 0.680. The predicted molar refractivity (Wildman–Crippen MR) is 128 cm³/mol. The fourth-order valence-corrected chi connectivity index (χ4v) is 7.28. The highest BCUT2D eigenvalue weighted by molar-refractivity contribution is 5.85. The van der Waals surface area contributed by atoms with Crippen molar-refractivity contribution in [2.45, 2.75) is 63.1 Å². The summed E-state index contributed by atoms with van der Waals surface area (Å²) in [5, 5.41) is 23.5. The molecule has 190 valence electrons. The van der Waals surface area contributed by atoms with Crippen molar-refractivity contribution < 1.29 is 24.4 Å². The normalized spacial score (nSPS) is 32.3. The number of non-ortho nitro benzene ring substituents is 1. The average molecular weight is 487 g/mol. The van der Waals surface area contributed by atoms with E-state index in [1.165, 1.54) is 12.1 Å². The predicted octanol–water partition coefficient (Wildman–Crippen LogP) is 3.25. The van der Waals surface area contributed by atoms with E-state index in [1.807, 2.05) is 13.8 Å². The highest BCUT2D eigenvalue weighted by Crippen LogP contribution is 2.57. The van der Waals surface area contributed by atoms with E-state index < -0.39 is 22.2 Å². The molecule has 1 aromatic carbocycles.